The monoisotopic (exact) mass is 421 g/mol. The fourth-order valence-corrected chi connectivity index (χ4v) is 5.19. The van der Waals surface area contributed by atoms with Gasteiger partial charge in [0.05, 0.1) is 13.6 Å². The normalized spacial score (nSPS) is 12.3. The van der Waals surface area contributed by atoms with E-state index in [1.807, 2.05) is 6.07 Å². The lowest BCUT2D eigenvalue weighted by molar-refractivity contribution is 0.872. The van der Waals surface area contributed by atoms with E-state index >= 15 is 0 Å². The molecule has 0 aliphatic rings. The lowest BCUT2D eigenvalue weighted by Gasteiger charge is -2.12. The number of thiophene rings is 1. The topological polar surface area (TPSA) is 26.0 Å². The first-order valence-corrected chi connectivity index (χ1v) is 8.91. The van der Waals surface area contributed by atoms with Crippen LogP contribution in [0.5, 0.6) is 0 Å². The van der Waals surface area contributed by atoms with Crippen molar-refractivity contribution in [2.75, 3.05) is 0 Å². The summed E-state index contributed by atoms with van der Waals surface area (Å²) < 4.78 is 2.16. The summed E-state index contributed by atoms with van der Waals surface area (Å²) in [5.74, 6) is 0. The predicted molar refractivity (Wildman–Crippen MR) is 97.6 cm³/mol. The van der Waals surface area contributed by atoms with Gasteiger partial charge in [-0.25, -0.2) is 0 Å². The molecule has 1 atom stereocenters. The number of hydrogen-bond acceptors (Lipinski definition) is 2. The van der Waals surface area contributed by atoms with E-state index in [0.717, 1.165) is 18.7 Å². The van der Waals surface area contributed by atoms with Crippen molar-refractivity contribution in [3.63, 3.8) is 0 Å². The summed E-state index contributed by atoms with van der Waals surface area (Å²) in [7, 11) is 0. The molecule has 0 saturated carbocycles. The van der Waals surface area contributed by atoms with E-state index in [1.54, 1.807) is 11.3 Å². The summed E-state index contributed by atoms with van der Waals surface area (Å²) in [6.07, 6.45) is 0. The van der Waals surface area contributed by atoms with Crippen molar-refractivity contribution in [3.05, 3.63) is 79.4 Å². The third kappa shape index (κ3) is 3.29. The average molecular weight is 423 g/mol. The summed E-state index contributed by atoms with van der Waals surface area (Å²) in [5, 5.41) is 0. The van der Waals surface area contributed by atoms with Crippen LogP contribution < -0.4 is 5.73 Å². The second kappa shape index (κ2) is 6.44. The van der Waals surface area contributed by atoms with Crippen molar-refractivity contribution in [2.45, 2.75) is 6.04 Å². The van der Waals surface area contributed by atoms with Gasteiger partial charge in [-0.05, 0) is 60.2 Å². The SMILES string of the molecule is NC(c1ccc(-c2ccccc2)cc1)c1cc(Br)sc1Br. The Hall–Kier alpha value is -0.940. The van der Waals surface area contributed by atoms with E-state index in [0.29, 0.717) is 0 Å². The second-order valence-electron chi connectivity index (χ2n) is 4.75. The van der Waals surface area contributed by atoms with Gasteiger partial charge in [0.1, 0.15) is 0 Å². The summed E-state index contributed by atoms with van der Waals surface area (Å²) >= 11 is 8.72. The molecule has 0 bridgehead atoms. The summed E-state index contributed by atoms with van der Waals surface area (Å²) in [5.41, 5.74) is 11.0. The van der Waals surface area contributed by atoms with Crippen LogP contribution in [-0.2, 0) is 0 Å². The number of benzene rings is 2. The standard InChI is InChI=1S/C17H13Br2NS/c18-15-10-14(17(19)21-15)16(20)13-8-6-12(7-9-13)11-4-2-1-3-5-11/h1-10,16H,20H2. The Bertz CT molecular complexity index is 735. The summed E-state index contributed by atoms with van der Waals surface area (Å²) in [6, 6.07) is 20.8. The molecule has 1 heterocycles. The van der Waals surface area contributed by atoms with Gasteiger partial charge in [0.2, 0.25) is 0 Å². The molecular formula is C17H13Br2NS. The Labute approximate surface area is 145 Å². The van der Waals surface area contributed by atoms with Gasteiger partial charge >= 0.3 is 0 Å². The van der Waals surface area contributed by atoms with E-state index < -0.39 is 0 Å². The minimum absolute atomic E-state index is 0.119. The molecule has 0 saturated heterocycles. The highest BCUT2D eigenvalue weighted by atomic mass is 79.9. The fraction of sp³-hybridized carbons (Fsp3) is 0.0588. The molecule has 1 nitrogen and oxygen atoms in total. The highest BCUT2D eigenvalue weighted by Crippen LogP contribution is 2.37. The maximum Gasteiger partial charge on any atom is 0.0761 e. The van der Waals surface area contributed by atoms with Gasteiger partial charge < -0.3 is 5.73 Å². The van der Waals surface area contributed by atoms with Gasteiger partial charge in [0, 0.05) is 0 Å². The van der Waals surface area contributed by atoms with Gasteiger partial charge in [-0.1, -0.05) is 54.6 Å². The zero-order valence-corrected chi connectivity index (χ0v) is 15.1. The average Bonchev–Trinajstić information content (AvgIpc) is 2.86. The highest BCUT2D eigenvalue weighted by Gasteiger charge is 2.15. The van der Waals surface area contributed by atoms with Gasteiger partial charge in [0.15, 0.2) is 0 Å². The third-order valence-corrected chi connectivity index (χ3v) is 5.78. The van der Waals surface area contributed by atoms with Crippen molar-refractivity contribution in [1.82, 2.24) is 0 Å². The van der Waals surface area contributed by atoms with Crippen LogP contribution in [0, 0.1) is 0 Å². The minimum Gasteiger partial charge on any atom is -0.320 e. The van der Waals surface area contributed by atoms with E-state index in [4.69, 9.17) is 5.73 Å². The molecule has 0 radical (unpaired) electrons. The van der Waals surface area contributed by atoms with Crippen molar-refractivity contribution < 1.29 is 0 Å². The number of hydrogen-bond donors (Lipinski definition) is 1. The molecule has 0 fully saturated rings. The molecule has 2 aromatic carbocycles. The Kier molecular flexibility index (Phi) is 4.60. The van der Waals surface area contributed by atoms with Gasteiger partial charge in [-0.15, -0.1) is 11.3 Å². The van der Waals surface area contributed by atoms with Crippen molar-refractivity contribution in [1.29, 1.82) is 0 Å². The van der Waals surface area contributed by atoms with Crippen LogP contribution in [0.25, 0.3) is 11.1 Å². The molecule has 2 N–H and O–H groups in total. The zero-order valence-electron chi connectivity index (χ0n) is 11.1. The Balaban J connectivity index is 1.89. The van der Waals surface area contributed by atoms with Crippen LogP contribution in [0.4, 0.5) is 0 Å². The predicted octanol–water partition coefficient (Wildman–Crippen LogP) is 5.99. The zero-order chi connectivity index (χ0) is 14.8. The largest absolute Gasteiger partial charge is 0.320 e. The summed E-state index contributed by atoms with van der Waals surface area (Å²) in [4.78, 5) is 0. The lowest BCUT2D eigenvalue weighted by Crippen LogP contribution is -2.11. The van der Waals surface area contributed by atoms with Gasteiger partial charge in [0.25, 0.3) is 0 Å². The molecule has 4 heteroatoms. The second-order valence-corrected chi connectivity index (χ2v) is 8.49. The molecule has 21 heavy (non-hydrogen) atoms. The molecular weight excluding hydrogens is 410 g/mol. The molecule has 106 valence electrons. The Morgan fingerprint density at radius 2 is 1.48 bits per heavy atom. The quantitative estimate of drug-likeness (QED) is 0.551. The summed E-state index contributed by atoms with van der Waals surface area (Å²) in [6.45, 7) is 0. The smallest absolute Gasteiger partial charge is 0.0761 e. The van der Waals surface area contributed by atoms with Crippen molar-refractivity contribution in [2.24, 2.45) is 5.73 Å². The first kappa shape index (κ1) is 15.0. The molecule has 1 aromatic heterocycles. The van der Waals surface area contributed by atoms with E-state index in [9.17, 15) is 0 Å². The first-order chi connectivity index (χ1) is 10.1. The van der Waals surface area contributed by atoms with Crippen molar-refractivity contribution in [3.8, 4) is 11.1 Å². The van der Waals surface area contributed by atoms with E-state index in [1.165, 1.54) is 11.1 Å². The van der Waals surface area contributed by atoms with Gasteiger partial charge in [-0.2, -0.15) is 0 Å². The van der Waals surface area contributed by atoms with Crippen LogP contribution in [0.3, 0.4) is 0 Å². The Morgan fingerprint density at radius 1 is 0.857 bits per heavy atom. The van der Waals surface area contributed by atoms with Crippen LogP contribution in [0.2, 0.25) is 0 Å². The maximum absolute atomic E-state index is 6.38. The van der Waals surface area contributed by atoms with E-state index in [-0.39, 0.29) is 6.04 Å². The molecule has 0 aliphatic heterocycles. The van der Waals surface area contributed by atoms with Crippen LogP contribution in [-0.4, -0.2) is 0 Å². The highest BCUT2D eigenvalue weighted by molar-refractivity contribution is 9.12. The Morgan fingerprint density at radius 3 is 2.05 bits per heavy atom. The molecule has 3 aromatic rings. The molecule has 1 unspecified atom stereocenters. The minimum atomic E-state index is -0.119. The van der Waals surface area contributed by atoms with E-state index in [2.05, 4.69) is 86.5 Å². The first-order valence-electron chi connectivity index (χ1n) is 6.51. The van der Waals surface area contributed by atoms with Crippen LogP contribution in [0.15, 0.2) is 68.2 Å². The molecule has 0 aliphatic carbocycles. The third-order valence-electron chi connectivity index (χ3n) is 3.40. The van der Waals surface area contributed by atoms with Crippen LogP contribution in [0.1, 0.15) is 17.2 Å². The number of halogens is 2. The molecule has 0 amide bonds. The van der Waals surface area contributed by atoms with Crippen molar-refractivity contribution >= 4 is 43.2 Å². The number of rotatable bonds is 3. The fourth-order valence-electron chi connectivity index (χ4n) is 2.26. The van der Waals surface area contributed by atoms with Gasteiger partial charge in [-0.3, -0.25) is 0 Å². The lowest BCUT2D eigenvalue weighted by atomic mass is 9.98. The maximum atomic E-state index is 6.38. The molecule has 3 rings (SSSR count). The molecule has 0 spiro atoms. The van der Waals surface area contributed by atoms with Crippen LogP contribution >= 0.6 is 43.2 Å². The number of nitrogens with two attached hydrogens (primary N) is 1.